The van der Waals surface area contributed by atoms with E-state index in [1.54, 1.807) is 5.06 Å². The van der Waals surface area contributed by atoms with Crippen molar-refractivity contribution in [2.45, 2.75) is 71.5 Å². The summed E-state index contributed by atoms with van der Waals surface area (Å²) in [6.45, 7) is 12.5. The third-order valence-electron chi connectivity index (χ3n) is 5.17. The molecule has 1 aliphatic rings. The summed E-state index contributed by atoms with van der Waals surface area (Å²) in [6, 6.07) is 5.93. The molecule has 0 saturated heterocycles. The Morgan fingerprint density at radius 3 is 2.46 bits per heavy atom. The number of nitrogens with zero attached hydrogens (tertiary/aromatic N) is 1. The van der Waals surface area contributed by atoms with Gasteiger partial charge in [-0.2, -0.15) is 0 Å². The first-order chi connectivity index (χ1) is 12.0. The Morgan fingerprint density at radius 2 is 1.85 bits per heavy atom. The third-order valence-corrected chi connectivity index (χ3v) is 5.17. The summed E-state index contributed by atoms with van der Waals surface area (Å²) < 4.78 is 0. The summed E-state index contributed by atoms with van der Waals surface area (Å²) in [6.07, 6.45) is 4.97. The van der Waals surface area contributed by atoms with E-state index in [-0.39, 0.29) is 17.5 Å². The van der Waals surface area contributed by atoms with Gasteiger partial charge in [-0.25, -0.2) is 0 Å². The van der Waals surface area contributed by atoms with Crippen molar-refractivity contribution in [1.82, 2.24) is 5.06 Å². The number of hydrogen-bond acceptors (Lipinski definition) is 3. The predicted molar refractivity (Wildman–Crippen MR) is 108 cm³/mol. The maximum absolute atomic E-state index is 12.2. The molecule has 0 unspecified atom stereocenters. The highest BCUT2D eigenvalue weighted by atomic mass is 16.5. The molecule has 26 heavy (non-hydrogen) atoms. The van der Waals surface area contributed by atoms with E-state index < -0.39 is 5.54 Å². The molecule has 0 saturated carbocycles. The van der Waals surface area contributed by atoms with Gasteiger partial charge in [-0.15, -0.1) is 0 Å². The Morgan fingerprint density at radius 1 is 1.23 bits per heavy atom. The number of carbonyl (C=O) groups is 1. The van der Waals surface area contributed by atoms with E-state index >= 15 is 0 Å². The number of nitrogens with two attached hydrogens (primary N) is 1. The van der Waals surface area contributed by atoms with Crippen molar-refractivity contribution in [1.29, 1.82) is 0 Å². The minimum atomic E-state index is -0.400. The van der Waals surface area contributed by atoms with E-state index in [4.69, 9.17) is 10.9 Å². The first-order valence-electron chi connectivity index (χ1n) is 9.35. The third kappa shape index (κ3) is 4.17. The van der Waals surface area contributed by atoms with Crippen LogP contribution in [0.3, 0.4) is 0 Å². The summed E-state index contributed by atoms with van der Waals surface area (Å²) in [5, 5.41) is 13.0. The average molecular weight is 361 g/mol. The molecule has 1 amide bonds. The summed E-state index contributed by atoms with van der Waals surface area (Å²) in [5.41, 5.74) is 8.25. The second-order valence-corrected chi connectivity index (χ2v) is 8.69. The Balaban J connectivity index is 2.05. The molecule has 2 rings (SSSR count). The molecule has 5 nitrogen and oxygen atoms in total. The minimum absolute atomic E-state index is 0.00568. The molecule has 0 aliphatic carbocycles. The molecular weight excluding hydrogens is 326 g/mol. The number of carbonyl (C=O) groups excluding carboxylic acids is 1. The summed E-state index contributed by atoms with van der Waals surface area (Å²) in [4.78, 5) is 12.2. The van der Waals surface area contributed by atoms with Gasteiger partial charge in [0, 0.05) is 18.2 Å². The zero-order valence-corrected chi connectivity index (χ0v) is 16.9. The molecule has 1 atom stereocenters. The molecule has 1 aromatic carbocycles. The lowest BCUT2D eigenvalue weighted by molar-refractivity contribution is -0.216. The first kappa shape index (κ1) is 20.6. The van der Waals surface area contributed by atoms with Gasteiger partial charge < -0.3 is 16.3 Å². The van der Waals surface area contributed by atoms with Gasteiger partial charge >= 0.3 is 0 Å². The largest absolute Gasteiger partial charge is 0.337 e. The monoisotopic (exact) mass is 360 g/mol. The van der Waals surface area contributed by atoms with E-state index in [0.29, 0.717) is 12.3 Å². The van der Waals surface area contributed by atoms with Crippen LogP contribution in [0.2, 0.25) is 0 Å². The van der Waals surface area contributed by atoms with Gasteiger partial charge in [0.15, 0.2) is 0 Å². The molecule has 5 heteroatoms. The molecule has 0 radical (unpaired) electrons. The van der Waals surface area contributed by atoms with E-state index in [1.807, 2.05) is 44.2 Å². The normalized spacial score (nSPS) is 19.7. The number of hydroxylamine groups is 2. The van der Waals surface area contributed by atoms with Crippen molar-refractivity contribution in [2.24, 2.45) is 11.7 Å². The van der Waals surface area contributed by atoms with Crippen molar-refractivity contribution >= 4 is 11.6 Å². The van der Waals surface area contributed by atoms with E-state index in [2.05, 4.69) is 33.0 Å². The summed E-state index contributed by atoms with van der Waals surface area (Å²) >= 11 is 0. The summed E-state index contributed by atoms with van der Waals surface area (Å²) in [5.74, 6) is 0.481. The van der Waals surface area contributed by atoms with Gasteiger partial charge in [0.05, 0.1) is 0 Å². The van der Waals surface area contributed by atoms with Gasteiger partial charge in [0.2, 0.25) is 5.91 Å². The van der Waals surface area contributed by atoms with Crippen LogP contribution in [0.5, 0.6) is 0 Å². The molecule has 1 aromatic rings. The quantitative estimate of drug-likeness (QED) is 0.603. The van der Waals surface area contributed by atoms with Crippen LogP contribution in [0.25, 0.3) is 0 Å². The van der Waals surface area contributed by atoms with E-state index in [0.717, 1.165) is 23.2 Å². The van der Waals surface area contributed by atoms with Crippen LogP contribution >= 0.6 is 0 Å². The van der Waals surface area contributed by atoms with Crippen molar-refractivity contribution in [2.75, 3.05) is 5.32 Å². The van der Waals surface area contributed by atoms with Gasteiger partial charge in [-0.1, -0.05) is 37.1 Å². The maximum Gasteiger partial charge on any atom is 0.228 e. The molecule has 1 heterocycles. The smallest absolute Gasteiger partial charge is 0.228 e. The molecule has 5 N–H and O–H groups in total. The van der Waals surface area contributed by atoms with Crippen molar-refractivity contribution in [3.63, 3.8) is 0 Å². The fraction of sp³-hybridized carbons (Fsp3) is 0.571. The van der Waals surface area contributed by atoms with Crippen LogP contribution < -0.4 is 11.1 Å². The minimum Gasteiger partial charge on any atom is -0.337 e. The number of fused-ring (bicyclic) bond motifs is 1. The number of anilines is 1. The fourth-order valence-electron chi connectivity index (χ4n) is 3.79. The second-order valence-electron chi connectivity index (χ2n) is 8.69. The Kier molecular flexibility index (Phi) is 5.95. The maximum atomic E-state index is 12.2. The standard InChI is InChI=1S/C21H33N3O2/c1-14(2)12-15(22)8-7-9-19(25)23-16-10-11-17-18(13-16)21(5,6)24(26)20(17,3)4/h7-8,10-11,13-15,26H,9,12,22H2,1-6H3,(H,23,25)/p+1/b8-7+/t15-/m1/s1. The lowest BCUT2D eigenvalue weighted by atomic mass is 9.90. The average Bonchev–Trinajstić information content (AvgIpc) is 2.65. The Bertz CT molecular complexity index is 692. The molecule has 144 valence electrons. The zero-order valence-electron chi connectivity index (χ0n) is 16.9. The number of amides is 1. The van der Waals surface area contributed by atoms with Crippen LogP contribution in [-0.4, -0.2) is 22.2 Å². The molecular formula is C21H34N3O2+. The van der Waals surface area contributed by atoms with Crippen LogP contribution in [0.4, 0.5) is 5.69 Å². The van der Waals surface area contributed by atoms with Crippen molar-refractivity contribution in [3.8, 4) is 0 Å². The van der Waals surface area contributed by atoms with Crippen LogP contribution in [0, 0.1) is 5.92 Å². The lowest BCUT2D eigenvalue weighted by Crippen LogP contribution is -2.42. The van der Waals surface area contributed by atoms with Crippen LogP contribution in [0.15, 0.2) is 30.4 Å². The zero-order chi connectivity index (χ0) is 19.7. The van der Waals surface area contributed by atoms with Gasteiger partial charge in [0.1, 0.15) is 11.1 Å². The highest BCUT2D eigenvalue weighted by Gasteiger charge is 2.52. The number of rotatable bonds is 6. The predicted octanol–water partition coefficient (Wildman–Crippen LogP) is 3.37. The number of hydrogen-bond donors (Lipinski definition) is 2. The Hall–Kier alpha value is -1.69. The van der Waals surface area contributed by atoms with Crippen LogP contribution in [0.1, 0.15) is 65.5 Å². The summed E-state index contributed by atoms with van der Waals surface area (Å²) in [7, 11) is 0. The van der Waals surface area contributed by atoms with Crippen molar-refractivity contribution in [3.05, 3.63) is 41.5 Å². The number of benzene rings is 1. The second kappa shape index (κ2) is 7.51. The van der Waals surface area contributed by atoms with Crippen LogP contribution in [-0.2, 0) is 15.9 Å². The first-order valence-corrected chi connectivity index (χ1v) is 9.35. The molecule has 1 aliphatic heterocycles. The fourth-order valence-corrected chi connectivity index (χ4v) is 3.79. The van der Waals surface area contributed by atoms with E-state index in [9.17, 15) is 4.79 Å². The highest BCUT2D eigenvalue weighted by molar-refractivity contribution is 5.91. The molecule has 0 aromatic heterocycles. The number of nitrogens with one attached hydrogen (secondary N) is 1. The lowest BCUT2D eigenvalue weighted by Gasteiger charge is -2.29. The highest BCUT2D eigenvalue weighted by Crippen LogP contribution is 2.48. The topological polar surface area (TPSA) is 81.3 Å². The van der Waals surface area contributed by atoms with Gasteiger partial charge in [-0.3, -0.25) is 4.79 Å². The van der Waals surface area contributed by atoms with Gasteiger partial charge in [-0.05, 0) is 63.3 Å². The van der Waals surface area contributed by atoms with E-state index in [1.165, 1.54) is 0 Å². The van der Waals surface area contributed by atoms with Gasteiger partial charge in [0.25, 0.3) is 0 Å². The SMILES string of the molecule is CC(C)C[C@H](N)/C=C/CC(=O)Nc1ccc2c(c1)C(C)(C)N([OH2+])C2(C)C. The van der Waals surface area contributed by atoms with Crippen molar-refractivity contribution < 1.29 is 10.0 Å². The molecule has 0 bridgehead atoms. The molecule has 0 spiro atoms. The molecule has 0 fully saturated rings. The Labute approximate surface area is 157 Å².